The Bertz CT molecular complexity index is 422. The number of nitrogens with one attached hydrogen (secondary N) is 1. The fourth-order valence-electron chi connectivity index (χ4n) is 2.69. The lowest BCUT2D eigenvalue weighted by molar-refractivity contribution is 0.0900. The van der Waals surface area contributed by atoms with Crippen molar-refractivity contribution in [3.8, 4) is 0 Å². The first-order valence-electron chi connectivity index (χ1n) is 6.62. The molecule has 2 unspecified atom stereocenters. The third-order valence-electron chi connectivity index (χ3n) is 3.77. The predicted molar refractivity (Wildman–Crippen MR) is 67.7 cm³/mol. The SMILES string of the molecule is CCC1CCCCC1NC(=O)c1ccncc1F. The molecule has 2 atom stereocenters. The number of aromatic nitrogens is 1. The van der Waals surface area contributed by atoms with Gasteiger partial charge in [-0.25, -0.2) is 4.39 Å². The van der Waals surface area contributed by atoms with Crippen LogP contribution in [0.15, 0.2) is 18.5 Å². The number of carbonyl (C=O) groups is 1. The van der Waals surface area contributed by atoms with Crippen LogP contribution in [0.3, 0.4) is 0 Å². The second-order valence-corrected chi connectivity index (χ2v) is 4.89. The highest BCUT2D eigenvalue weighted by Gasteiger charge is 2.26. The van der Waals surface area contributed by atoms with Gasteiger partial charge in [0.2, 0.25) is 0 Å². The van der Waals surface area contributed by atoms with Crippen molar-refractivity contribution in [1.82, 2.24) is 10.3 Å². The highest BCUT2D eigenvalue weighted by molar-refractivity contribution is 5.94. The molecule has 3 nitrogen and oxygen atoms in total. The standard InChI is InChI=1S/C14H19FN2O/c1-2-10-5-3-4-6-13(10)17-14(18)11-7-8-16-9-12(11)15/h7-10,13H,2-6H2,1H3,(H,17,18). The molecule has 1 aliphatic carbocycles. The molecule has 1 N–H and O–H groups in total. The lowest BCUT2D eigenvalue weighted by Crippen LogP contribution is -2.42. The second-order valence-electron chi connectivity index (χ2n) is 4.89. The summed E-state index contributed by atoms with van der Waals surface area (Å²) >= 11 is 0. The first-order valence-corrected chi connectivity index (χ1v) is 6.62. The van der Waals surface area contributed by atoms with Crippen molar-refractivity contribution in [2.45, 2.75) is 45.1 Å². The van der Waals surface area contributed by atoms with Gasteiger partial charge >= 0.3 is 0 Å². The van der Waals surface area contributed by atoms with Crippen molar-refractivity contribution in [3.63, 3.8) is 0 Å². The van der Waals surface area contributed by atoms with Crippen LogP contribution in [0.25, 0.3) is 0 Å². The van der Waals surface area contributed by atoms with E-state index < -0.39 is 5.82 Å². The minimum Gasteiger partial charge on any atom is -0.349 e. The van der Waals surface area contributed by atoms with Crippen molar-refractivity contribution in [2.24, 2.45) is 5.92 Å². The number of halogens is 1. The average Bonchev–Trinajstić information content (AvgIpc) is 2.39. The first-order chi connectivity index (χ1) is 8.72. The Labute approximate surface area is 107 Å². The quantitative estimate of drug-likeness (QED) is 0.896. The Morgan fingerprint density at radius 2 is 2.28 bits per heavy atom. The molecule has 1 saturated carbocycles. The fourth-order valence-corrected chi connectivity index (χ4v) is 2.69. The van der Waals surface area contributed by atoms with Crippen LogP contribution in [0, 0.1) is 11.7 Å². The molecule has 1 heterocycles. The lowest BCUT2D eigenvalue weighted by Gasteiger charge is -2.31. The molecule has 1 aromatic heterocycles. The number of carbonyl (C=O) groups excluding carboxylic acids is 1. The van der Waals surface area contributed by atoms with Gasteiger partial charge in [-0.05, 0) is 24.8 Å². The maximum Gasteiger partial charge on any atom is 0.254 e. The van der Waals surface area contributed by atoms with Crippen LogP contribution < -0.4 is 5.32 Å². The van der Waals surface area contributed by atoms with Crippen molar-refractivity contribution >= 4 is 5.91 Å². The summed E-state index contributed by atoms with van der Waals surface area (Å²) in [5.41, 5.74) is 0.0884. The normalized spacial score (nSPS) is 23.7. The van der Waals surface area contributed by atoms with Gasteiger partial charge in [-0.1, -0.05) is 26.2 Å². The van der Waals surface area contributed by atoms with Crippen LogP contribution in [0.5, 0.6) is 0 Å². The van der Waals surface area contributed by atoms with Crippen LogP contribution in [0.2, 0.25) is 0 Å². The van der Waals surface area contributed by atoms with Crippen LogP contribution in [-0.4, -0.2) is 16.9 Å². The zero-order valence-corrected chi connectivity index (χ0v) is 10.7. The van der Waals surface area contributed by atoms with Gasteiger partial charge in [0, 0.05) is 12.2 Å². The van der Waals surface area contributed by atoms with Gasteiger partial charge < -0.3 is 5.32 Å². The predicted octanol–water partition coefficient (Wildman–Crippen LogP) is 2.92. The number of hydrogen-bond acceptors (Lipinski definition) is 2. The number of hydrogen-bond donors (Lipinski definition) is 1. The monoisotopic (exact) mass is 250 g/mol. The largest absolute Gasteiger partial charge is 0.349 e. The molecule has 4 heteroatoms. The molecule has 1 aromatic rings. The van der Waals surface area contributed by atoms with Crippen LogP contribution in [-0.2, 0) is 0 Å². The van der Waals surface area contributed by atoms with Gasteiger partial charge in [-0.15, -0.1) is 0 Å². The average molecular weight is 250 g/mol. The fraction of sp³-hybridized carbons (Fsp3) is 0.571. The third kappa shape index (κ3) is 2.86. The molecule has 1 fully saturated rings. The Morgan fingerprint density at radius 1 is 1.50 bits per heavy atom. The Kier molecular flexibility index (Phi) is 4.28. The van der Waals surface area contributed by atoms with Gasteiger partial charge in [0.25, 0.3) is 5.91 Å². The summed E-state index contributed by atoms with van der Waals surface area (Å²) in [5.74, 6) is -0.355. The molecule has 98 valence electrons. The summed E-state index contributed by atoms with van der Waals surface area (Å²) in [7, 11) is 0. The van der Waals surface area contributed by atoms with Crippen molar-refractivity contribution in [2.75, 3.05) is 0 Å². The molecule has 0 radical (unpaired) electrons. The van der Waals surface area contributed by atoms with Crippen molar-refractivity contribution in [3.05, 3.63) is 29.8 Å². The van der Waals surface area contributed by atoms with Crippen LogP contribution >= 0.6 is 0 Å². The van der Waals surface area contributed by atoms with E-state index in [1.165, 1.54) is 18.7 Å². The molecule has 18 heavy (non-hydrogen) atoms. The third-order valence-corrected chi connectivity index (χ3v) is 3.77. The highest BCUT2D eigenvalue weighted by Crippen LogP contribution is 2.27. The molecule has 0 aliphatic heterocycles. The van der Waals surface area contributed by atoms with E-state index in [2.05, 4.69) is 17.2 Å². The molecule has 0 bridgehead atoms. The molecule has 0 saturated heterocycles. The molecule has 0 spiro atoms. The highest BCUT2D eigenvalue weighted by atomic mass is 19.1. The Balaban J connectivity index is 2.04. The van der Waals surface area contributed by atoms with E-state index in [0.29, 0.717) is 5.92 Å². The van der Waals surface area contributed by atoms with Gasteiger partial charge in [0.1, 0.15) is 0 Å². The molecule has 0 aromatic carbocycles. The second kappa shape index (κ2) is 5.94. The summed E-state index contributed by atoms with van der Waals surface area (Å²) in [5, 5.41) is 2.97. The summed E-state index contributed by atoms with van der Waals surface area (Å²) in [6.45, 7) is 2.14. The number of amides is 1. The van der Waals surface area contributed by atoms with E-state index in [1.807, 2.05) is 0 Å². The zero-order chi connectivity index (χ0) is 13.0. The summed E-state index contributed by atoms with van der Waals surface area (Å²) in [6.07, 6.45) is 8.10. The van der Waals surface area contributed by atoms with Gasteiger partial charge in [0.15, 0.2) is 5.82 Å². The minimum absolute atomic E-state index is 0.0884. The van der Waals surface area contributed by atoms with E-state index in [9.17, 15) is 9.18 Å². The zero-order valence-electron chi connectivity index (χ0n) is 10.7. The van der Waals surface area contributed by atoms with Crippen LogP contribution in [0.4, 0.5) is 4.39 Å². The van der Waals surface area contributed by atoms with Crippen molar-refractivity contribution < 1.29 is 9.18 Å². The maximum atomic E-state index is 13.4. The molecular formula is C14H19FN2O. The van der Waals surface area contributed by atoms with Gasteiger partial charge in [0.05, 0.1) is 11.8 Å². The number of nitrogens with zero attached hydrogens (tertiary/aromatic N) is 1. The number of rotatable bonds is 3. The van der Waals surface area contributed by atoms with Crippen molar-refractivity contribution in [1.29, 1.82) is 0 Å². The number of pyridine rings is 1. The van der Waals surface area contributed by atoms with Gasteiger partial charge in [-0.2, -0.15) is 0 Å². The van der Waals surface area contributed by atoms with Crippen LogP contribution in [0.1, 0.15) is 49.4 Å². The maximum absolute atomic E-state index is 13.4. The molecular weight excluding hydrogens is 231 g/mol. The van der Waals surface area contributed by atoms with Gasteiger partial charge in [-0.3, -0.25) is 9.78 Å². The Morgan fingerprint density at radius 3 is 3.00 bits per heavy atom. The summed E-state index contributed by atoms with van der Waals surface area (Å²) < 4.78 is 13.4. The van der Waals surface area contributed by atoms with E-state index in [-0.39, 0.29) is 17.5 Å². The van der Waals surface area contributed by atoms with E-state index in [4.69, 9.17) is 0 Å². The summed E-state index contributed by atoms with van der Waals surface area (Å²) in [6, 6.07) is 1.61. The molecule has 1 amide bonds. The van der Waals surface area contributed by atoms with E-state index in [0.717, 1.165) is 31.9 Å². The molecule has 2 rings (SSSR count). The topological polar surface area (TPSA) is 42.0 Å². The smallest absolute Gasteiger partial charge is 0.254 e. The lowest BCUT2D eigenvalue weighted by atomic mass is 9.83. The first kappa shape index (κ1) is 13.0. The van der Waals surface area contributed by atoms with E-state index in [1.54, 1.807) is 0 Å². The van der Waals surface area contributed by atoms with E-state index >= 15 is 0 Å². The summed E-state index contributed by atoms with van der Waals surface area (Å²) in [4.78, 5) is 15.7. The Hall–Kier alpha value is -1.45. The minimum atomic E-state index is -0.557. The molecule has 1 aliphatic rings.